The lowest BCUT2D eigenvalue weighted by Gasteiger charge is -2.19. The van der Waals surface area contributed by atoms with Gasteiger partial charge in [-0.2, -0.15) is 0 Å². The molecule has 1 heterocycles. The van der Waals surface area contributed by atoms with Crippen molar-refractivity contribution in [2.75, 3.05) is 13.2 Å². The molecule has 16 heavy (non-hydrogen) atoms. The average Bonchev–Trinajstić information content (AvgIpc) is 2.75. The van der Waals surface area contributed by atoms with Crippen LogP contribution in [0, 0.1) is 0 Å². The molecular weight excluding hydrogens is 202 g/mol. The highest BCUT2D eigenvalue weighted by atomic mass is 16.6. The van der Waals surface area contributed by atoms with E-state index in [1.54, 1.807) is 0 Å². The van der Waals surface area contributed by atoms with Gasteiger partial charge >= 0.3 is 0 Å². The number of rotatable bonds is 1. The zero-order valence-electron chi connectivity index (χ0n) is 9.11. The van der Waals surface area contributed by atoms with Gasteiger partial charge in [0.2, 0.25) is 0 Å². The zero-order chi connectivity index (χ0) is 11.0. The second-order valence-electron chi connectivity index (χ2n) is 4.25. The van der Waals surface area contributed by atoms with E-state index in [4.69, 9.17) is 15.2 Å². The van der Waals surface area contributed by atoms with Gasteiger partial charge in [0.05, 0.1) is 0 Å². The third-order valence-corrected chi connectivity index (χ3v) is 3.08. The lowest BCUT2D eigenvalue weighted by molar-refractivity contribution is 0.171. The van der Waals surface area contributed by atoms with E-state index >= 15 is 0 Å². The molecule has 1 aromatic rings. The maximum absolute atomic E-state index is 5.87. The molecule has 2 N–H and O–H groups in total. The van der Waals surface area contributed by atoms with E-state index in [0.29, 0.717) is 13.2 Å². The van der Waals surface area contributed by atoms with E-state index in [0.717, 1.165) is 24.3 Å². The first-order chi connectivity index (χ1) is 7.83. The summed E-state index contributed by atoms with van der Waals surface area (Å²) in [6.07, 6.45) is 4.25. The molecule has 0 amide bonds. The Hall–Kier alpha value is -1.48. The Bertz CT molecular complexity index is 440. The molecule has 1 aliphatic carbocycles. The summed E-state index contributed by atoms with van der Waals surface area (Å²) in [5.41, 5.74) is 8.40. The second-order valence-corrected chi connectivity index (χ2v) is 4.25. The minimum Gasteiger partial charge on any atom is -0.486 e. The van der Waals surface area contributed by atoms with Gasteiger partial charge in [0.25, 0.3) is 0 Å². The SMILES string of the molecule is NC1C=C(c2ccc3c(c2)OCCO3)CC1. The molecule has 84 valence electrons. The minimum absolute atomic E-state index is 0.211. The molecule has 0 spiro atoms. The summed E-state index contributed by atoms with van der Waals surface area (Å²) >= 11 is 0. The number of hydrogen-bond donors (Lipinski definition) is 1. The number of allylic oxidation sites excluding steroid dienone is 1. The Labute approximate surface area is 94.9 Å². The van der Waals surface area contributed by atoms with E-state index in [1.807, 2.05) is 6.07 Å². The van der Waals surface area contributed by atoms with Crippen molar-refractivity contribution in [3.8, 4) is 11.5 Å². The third kappa shape index (κ3) is 1.67. The molecule has 3 heteroatoms. The van der Waals surface area contributed by atoms with E-state index in [-0.39, 0.29) is 6.04 Å². The molecule has 3 nitrogen and oxygen atoms in total. The predicted molar refractivity (Wildman–Crippen MR) is 62.6 cm³/mol. The number of hydrogen-bond acceptors (Lipinski definition) is 3. The minimum atomic E-state index is 0.211. The Morgan fingerprint density at radius 2 is 1.94 bits per heavy atom. The molecule has 1 unspecified atom stereocenters. The lowest BCUT2D eigenvalue weighted by atomic mass is 10.0. The maximum atomic E-state index is 5.87. The van der Waals surface area contributed by atoms with Gasteiger partial charge in [-0.05, 0) is 36.1 Å². The van der Waals surface area contributed by atoms with Crippen molar-refractivity contribution in [1.82, 2.24) is 0 Å². The smallest absolute Gasteiger partial charge is 0.161 e. The van der Waals surface area contributed by atoms with Crippen molar-refractivity contribution in [2.45, 2.75) is 18.9 Å². The molecule has 1 aliphatic heterocycles. The molecule has 0 saturated heterocycles. The highest BCUT2D eigenvalue weighted by Crippen LogP contribution is 2.35. The van der Waals surface area contributed by atoms with Crippen LogP contribution in [-0.2, 0) is 0 Å². The molecule has 0 radical (unpaired) electrons. The number of nitrogens with two attached hydrogens (primary N) is 1. The van der Waals surface area contributed by atoms with Crippen LogP contribution >= 0.6 is 0 Å². The quantitative estimate of drug-likeness (QED) is 0.782. The van der Waals surface area contributed by atoms with E-state index in [2.05, 4.69) is 18.2 Å². The lowest BCUT2D eigenvalue weighted by Crippen LogP contribution is -2.15. The largest absolute Gasteiger partial charge is 0.486 e. The summed E-state index contributed by atoms with van der Waals surface area (Å²) in [6, 6.07) is 6.33. The van der Waals surface area contributed by atoms with Crippen molar-refractivity contribution < 1.29 is 9.47 Å². The molecule has 2 aliphatic rings. The fourth-order valence-electron chi connectivity index (χ4n) is 2.23. The van der Waals surface area contributed by atoms with Crippen LogP contribution in [0.5, 0.6) is 11.5 Å². The molecule has 1 atom stereocenters. The molecule has 0 aromatic heterocycles. The van der Waals surface area contributed by atoms with Crippen LogP contribution in [-0.4, -0.2) is 19.3 Å². The highest BCUT2D eigenvalue weighted by Gasteiger charge is 2.17. The van der Waals surface area contributed by atoms with Crippen LogP contribution in [0.2, 0.25) is 0 Å². The highest BCUT2D eigenvalue weighted by molar-refractivity contribution is 5.70. The fraction of sp³-hybridized carbons (Fsp3) is 0.385. The van der Waals surface area contributed by atoms with Gasteiger partial charge in [-0.1, -0.05) is 12.1 Å². The summed E-state index contributed by atoms with van der Waals surface area (Å²) in [5, 5.41) is 0. The van der Waals surface area contributed by atoms with Gasteiger partial charge in [0.15, 0.2) is 11.5 Å². The van der Waals surface area contributed by atoms with E-state index in [1.165, 1.54) is 11.1 Å². The van der Waals surface area contributed by atoms with Crippen LogP contribution in [0.25, 0.3) is 5.57 Å². The summed E-state index contributed by atoms with van der Waals surface area (Å²) in [5.74, 6) is 1.70. The summed E-state index contributed by atoms with van der Waals surface area (Å²) in [4.78, 5) is 0. The van der Waals surface area contributed by atoms with Crippen molar-refractivity contribution in [3.63, 3.8) is 0 Å². The first-order valence-electron chi connectivity index (χ1n) is 5.69. The van der Waals surface area contributed by atoms with Crippen LogP contribution in [0.4, 0.5) is 0 Å². The van der Waals surface area contributed by atoms with Gasteiger partial charge in [-0.15, -0.1) is 0 Å². The van der Waals surface area contributed by atoms with Gasteiger partial charge in [-0.3, -0.25) is 0 Å². The van der Waals surface area contributed by atoms with E-state index < -0.39 is 0 Å². The topological polar surface area (TPSA) is 44.5 Å². The van der Waals surface area contributed by atoms with Crippen LogP contribution in [0.1, 0.15) is 18.4 Å². The third-order valence-electron chi connectivity index (χ3n) is 3.08. The van der Waals surface area contributed by atoms with Crippen molar-refractivity contribution in [2.24, 2.45) is 5.73 Å². The first kappa shape index (κ1) is 9.73. The normalized spacial score (nSPS) is 23.1. The Morgan fingerprint density at radius 3 is 2.69 bits per heavy atom. The predicted octanol–water partition coefficient (Wildman–Crippen LogP) is 1.96. The van der Waals surface area contributed by atoms with Crippen LogP contribution in [0.15, 0.2) is 24.3 Å². The van der Waals surface area contributed by atoms with Gasteiger partial charge in [0.1, 0.15) is 13.2 Å². The number of ether oxygens (including phenoxy) is 2. The summed E-state index contributed by atoms with van der Waals surface area (Å²) in [7, 11) is 0. The molecule has 0 bridgehead atoms. The number of benzene rings is 1. The molecule has 0 saturated carbocycles. The Balaban J connectivity index is 1.94. The Morgan fingerprint density at radius 1 is 1.12 bits per heavy atom. The zero-order valence-corrected chi connectivity index (χ0v) is 9.11. The van der Waals surface area contributed by atoms with E-state index in [9.17, 15) is 0 Å². The number of fused-ring (bicyclic) bond motifs is 1. The van der Waals surface area contributed by atoms with Crippen molar-refractivity contribution in [1.29, 1.82) is 0 Å². The summed E-state index contributed by atoms with van der Waals surface area (Å²) < 4.78 is 11.1. The van der Waals surface area contributed by atoms with Gasteiger partial charge in [-0.25, -0.2) is 0 Å². The first-order valence-corrected chi connectivity index (χ1v) is 5.69. The van der Waals surface area contributed by atoms with Gasteiger partial charge < -0.3 is 15.2 Å². The standard InChI is InChI=1S/C13H15NO2/c14-11-3-1-9(7-11)10-2-4-12-13(8-10)16-6-5-15-12/h2,4,7-8,11H,1,3,5-6,14H2. The van der Waals surface area contributed by atoms with Crippen LogP contribution in [0.3, 0.4) is 0 Å². The Kier molecular flexibility index (Phi) is 2.33. The monoisotopic (exact) mass is 217 g/mol. The van der Waals surface area contributed by atoms with Crippen molar-refractivity contribution >= 4 is 5.57 Å². The molecule has 1 aromatic carbocycles. The van der Waals surface area contributed by atoms with Gasteiger partial charge in [0, 0.05) is 6.04 Å². The molecular formula is C13H15NO2. The second kappa shape index (κ2) is 3.83. The van der Waals surface area contributed by atoms with Crippen molar-refractivity contribution in [3.05, 3.63) is 29.8 Å². The van der Waals surface area contributed by atoms with Crippen LogP contribution < -0.4 is 15.2 Å². The average molecular weight is 217 g/mol. The molecule has 0 fully saturated rings. The fourth-order valence-corrected chi connectivity index (χ4v) is 2.23. The summed E-state index contributed by atoms with van der Waals surface area (Å²) in [6.45, 7) is 1.27. The molecule has 3 rings (SSSR count). The maximum Gasteiger partial charge on any atom is 0.161 e.